The summed E-state index contributed by atoms with van der Waals surface area (Å²) in [7, 11) is 4.92. The van der Waals surface area contributed by atoms with Gasteiger partial charge >= 0.3 is 0 Å². The number of rotatable bonds is 4. The second kappa shape index (κ2) is 8.34. The van der Waals surface area contributed by atoms with E-state index in [-0.39, 0.29) is 18.0 Å². The van der Waals surface area contributed by atoms with Crippen LogP contribution in [0.3, 0.4) is 0 Å². The molecule has 5 nitrogen and oxygen atoms in total. The Labute approximate surface area is 159 Å². The molecule has 0 N–H and O–H groups in total. The average molecular weight is 462 g/mol. The zero-order valence-electron chi connectivity index (χ0n) is 14.5. The van der Waals surface area contributed by atoms with Gasteiger partial charge in [0, 0.05) is 15.4 Å². The van der Waals surface area contributed by atoms with E-state index in [0.29, 0.717) is 18.2 Å². The molecule has 0 radical (unpaired) electrons. The first-order valence-electron chi connectivity index (χ1n) is 7.66. The number of hydrogen-bond donors (Lipinski definition) is 0. The zero-order chi connectivity index (χ0) is 17.9. The summed E-state index contributed by atoms with van der Waals surface area (Å²) in [6.45, 7) is 4.18. The third-order valence-electron chi connectivity index (χ3n) is 3.88. The first-order valence-corrected chi connectivity index (χ1v) is 9.25. The fraction of sp³-hybridized carbons (Fsp3) is 0.529. The maximum atomic E-state index is 5.51. The predicted molar refractivity (Wildman–Crippen MR) is 103 cm³/mol. The lowest BCUT2D eigenvalue weighted by molar-refractivity contribution is 0.332. The lowest BCUT2D eigenvalue weighted by Gasteiger charge is -2.27. The molecule has 1 aliphatic rings. The van der Waals surface area contributed by atoms with E-state index in [4.69, 9.17) is 24.2 Å². The Bertz CT molecular complexity index is 636. The minimum absolute atomic E-state index is 0.107. The van der Waals surface area contributed by atoms with Crippen LogP contribution in [0.5, 0.6) is 5.75 Å². The van der Waals surface area contributed by atoms with E-state index in [1.165, 1.54) is 0 Å². The Hall–Kier alpha value is -1.08. The van der Waals surface area contributed by atoms with E-state index in [9.17, 15) is 0 Å². The molecule has 0 aliphatic carbocycles. The third kappa shape index (κ3) is 4.11. The van der Waals surface area contributed by atoms with Gasteiger partial charge in [0.15, 0.2) is 0 Å². The summed E-state index contributed by atoms with van der Waals surface area (Å²) < 4.78 is 18.2. The van der Waals surface area contributed by atoms with Crippen molar-refractivity contribution in [1.82, 2.24) is 0 Å². The molecule has 0 aromatic heterocycles. The van der Waals surface area contributed by atoms with Crippen LogP contribution in [-0.4, -0.2) is 45.2 Å². The number of methoxy groups -OCH3 is 3. The van der Waals surface area contributed by atoms with Crippen molar-refractivity contribution in [2.75, 3.05) is 21.3 Å². The van der Waals surface area contributed by atoms with Crippen molar-refractivity contribution >= 4 is 43.7 Å². The van der Waals surface area contributed by atoms with Crippen molar-refractivity contribution in [3.63, 3.8) is 0 Å². The topological polar surface area (TPSA) is 52.4 Å². The van der Waals surface area contributed by atoms with E-state index in [1.807, 2.05) is 12.1 Å². The molecule has 7 heteroatoms. The monoisotopic (exact) mass is 460 g/mol. The minimum atomic E-state index is -0.221. The maximum absolute atomic E-state index is 5.51. The lowest BCUT2D eigenvalue weighted by Crippen LogP contribution is -2.38. The minimum Gasteiger partial charge on any atom is -0.497 e. The third-order valence-corrected chi connectivity index (χ3v) is 5.30. The van der Waals surface area contributed by atoms with Crippen LogP contribution in [0, 0.1) is 5.92 Å². The molecule has 0 unspecified atom stereocenters. The van der Waals surface area contributed by atoms with Crippen LogP contribution >= 0.6 is 31.9 Å². The molecule has 0 saturated carbocycles. The second-order valence-corrected chi connectivity index (χ2v) is 7.53. The number of halogens is 2. The fourth-order valence-corrected chi connectivity index (χ4v) is 4.05. The largest absolute Gasteiger partial charge is 0.497 e. The van der Waals surface area contributed by atoms with E-state index >= 15 is 0 Å². The van der Waals surface area contributed by atoms with Gasteiger partial charge in [0.1, 0.15) is 17.8 Å². The summed E-state index contributed by atoms with van der Waals surface area (Å²) in [5, 5.41) is 0. The molecule has 0 amide bonds. The number of ether oxygens (including phenoxy) is 3. The summed E-state index contributed by atoms with van der Waals surface area (Å²) in [5.74, 6) is 2.35. The standard InChI is InChI=1S/C17H22Br2N2O3/c1-9(2)15-17(24-5)20-14(16(21-15)23-4)8-11-12(18)6-10(22-3)7-13(11)19/h6-7,9,14-15H,8H2,1-5H3/t14-,15+/m0/s1. The molecule has 24 heavy (non-hydrogen) atoms. The van der Waals surface area contributed by atoms with Crippen LogP contribution in [0.2, 0.25) is 0 Å². The number of hydrogen-bond acceptors (Lipinski definition) is 5. The smallest absolute Gasteiger partial charge is 0.209 e. The van der Waals surface area contributed by atoms with Crippen LogP contribution in [0.4, 0.5) is 0 Å². The summed E-state index contributed by atoms with van der Waals surface area (Å²) in [4.78, 5) is 9.45. The Kier molecular flexibility index (Phi) is 6.69. The van der Waals surface area contributed by atoms with Gasteiger partial charge in [0.2, 0.25) is 11.8 Å². The van der Waals surface area contributed by atoms with E-state index < -0.39 is 0 Å². The van der Waals surface area contributed by atoms with Crippen molar-refractivity contribution in [3.05, 3.63) is 26.6 Å². The highest BCUT2D eigenvalue weighted by Gasteiger charge is 2.31. The van der Waals surface area contributed by atoms with Gasteiger partial charge in [-0.3, -0.25) is 0 Å². The Morgan fingerprint density at radius 1 is 0.958 bits per heavy atom. The van der Waals surface area contributed by atoms with Crippen molar-refractivity contribution < 1.29 is 14.2 Å². The average Bonchev–Trinajstić information content (AvgIpc) is 2.56. The first-order chi connectivity index (χ1) is 11.4. The highest BCUT2D eigenvalue weighted by molar-refractivity contribution is 9.11. The quantitative estimate of drug-likeness (QED) is 0.673. The fourth-order valence-electron chi connectivity index (χ4n) is 2.58. The van der Waals surface area contributed by atoms with E-state index in [2.05, 4.69) is 45.7 Å². The van der Waals surface area contributed by atoms with E-state index in [1.54, 1.807) is 21.3 Å². The van der Waals surface area contributed by atoms with Gasteiger partial charge in [0.05, 0.1) is 21.3 Å². The van der Waals surface area contributed by atoms with Crippen LogP contribution in [-0.2, 0) is 15.9 Å². The molecular weight excluding hydrogens is 440 g/mol. The van der Waals surface area contributed by atoms with Crippen molar-refractivity contribution in [3.8, 4) is 5.75 Å². The Balaban J connectivity index is 2.35. The van der Waals surface area contributed by atoms with Crippen LogP contribution in [0.15, 0.2) is 31.1 Å². The first kappa shape index (κ1) is 19.2. The molecule has 1 aliphatic heterocycles. The van der Waals surface area contributed by atoms with Gasteiger partial charge < -0.3 is 14.2 Å². The molecule has 0 fully saturated rings. The zero-order valence-corrected chi connectivity index (χ0v) is 17.6. The molecule has 0 spiro atoms. The lowest BCUT2D eigenvalue weighted by atomic mass is 10.0. The van der Waals surface area contributed by atoms with Crippen LogP contribution in [0.1, 0.15) is 19.4 Å². The predicted octanol–water partition coefficient (Wildman–Crippen LogP) is 4.26. The molecule has 1 aromatic carbocycles. The van der Waals surface area contributed by atoms with Gasteiger partial charge in [-0.05, 0) is 23.6 Å². The summed E-state index contributed by atoms with van der Waals surface area (Å²) in [6, 6.07) is 3.54. The van der Waals surface area contributed by atoms with Crippen LogP contribution in [0.25, 0.3) is 0 Å². The van der Waals surface area contributed by atoms with E-state index in [0.717, 1.165) is 20.3 Å². The molecule has 2 rings (SSSR count). The summed E-state index contributed by atoms with van der Waals surface area (Å²) in [5.41, 5.74) is 1.08. The van der Waals surface area contributed by atoms with Crippen molar-refractivity contribution in [2.24, 2.45) is 15.9 Å². The summed E-state index contributed by atoms with van der Waals surface area (Å²) >= 11 is 7.21. The molecule has 0 saturated heterocycles. The second-order valence-electron chi connectivity index (χ2n) is 5.82. The molecular formula is C17H22Br2N2O3. The van der Waals surface area contributed by atoms with Gasteiger partial charge in [0.25, 0.3) is 0 Å². The van der Waals surface area contributed by atoms with Gasteiger partial charge in [-0.1, -0.05) is 45.7 Å². The maximum Gasteiger partial charge on any atom is 0.209 e. The number of benzene rings is 1. The Morgan fingerprint density at radius 2 is 1.54 bits per heavy atom. The SMILES string of the molecule is COC1=N[C@H](C(C)C)C(OC)=N[C@H]1Cc1c(Br)cc(OC)cc1Br. The van der Waals surface area contributed by atoms with Gasteiger partial charge in [-0.2, -0.15) is 0 Å². The Morgan fingerprint density at radius 3 is 2.00 bits per heavy atom. The molecule has 1 heterocycles. The number of nitrogens with zero attached hydrogens (tertiary/aromatic N) is 2. The van der Waals surface area contributed by atoms with Crippen molar-refractivity contribution in [2.45, 2.75) is 32.4 Å². The molecule has 1 aromatic rings. The highest BCUT2D eigenvalue weighted by Crippen LogP contribution is 2.33. The molecule has 0 bridgehead atoms. The van der Waals surface area contributed by atoms with Gasteiger partial charge in [-0.15, -0.1) is 0 Å². The van der Waals surface area contributed by atoms with Crippen LogP contribution < -0.4 is 4.74 Å². The number of aliphatic imine (C=N–C) groups is 2. The normalized spacial score (nSPS) is 20.5. The van der Waals surface area contributed by atoms with Crippen molar-refractivity contribution in [1.29, 1.82) is 0 Å². The highest BCUT2D eigenvalue weighted by atomic mass is 79.9. The van der Waals surface area contributed by atoms with Gasteiger partial charge in [-0.25, -0.2) is 9.98 Å². The summed E-state index contributed by atoms with van der Waals surface area (Å²) in [6.07, 6.45) is 0.634. The molecule has 132 valence electrons. The molecule has 2 atom stereocenters.